The molecule has 4 nitrogen and oxygen atoms in total. The Hall–Kier alpha value is -1.04. The van der Waals surface area contributed by atoms with Crippen molar-refractivity contribution in [2.45, 2.75) is 31.8 Å². The molecule has 0 aliphatic carbocycles. The van der Waals surface area contributed by atoms with Crippen LogP contribution in [0, 0.1) is 12.3 Å². The minimum Gasteiger partial charge on any atom is -0.379 e. The quantitative estimate of drug-likeness (QED) is 0.633. The molecule has 120 valence electrons. The molecule has 1 atom stereocenters. The molecule has 0 saturated carbocycles. The van der Waals surface area contributed by atoms with Crippen LogP contribution in [-0.2, 0) is 9.53 Å². The fourth-order valence-electron chi connectivity index (χ4n) is 3.50. The largest absolute Gasteiger partial charge is 0.379 e. The van der Waals surface area contributed by atoms with Gasteiger partial charge in [0, 0.05) is 23.7 Å². The number of β-lactam (4-membered cyclic amide) rings is 1. The second-order valence-corrected chi connectivity index (χ2v) is 7.42. The Morgan fingerprint density at radius 1 is 1.27 bits per heavy atom. The molecule has 0 radical (unpaired) electrons. The highest BCUT2D eigenvalue weighted by molar-refractivity contribution is 7.98. The molecule has 2 fully saturated rings. The van der Waals surface area contributed by atoms with E-state index in [2.05, 4.69) is 50.1 Å². The molecule has 2 aliphatic rings. The van der Waals surface area contributed by atoms with Crippen LogP contribution in [-0.4, -0.2) is 49.5 Å². The summed E-state index contributed by atoms with van der Waals surface area (Å²) in [6.07, 6.45) is 2.21. The van der Waals surface area contributed by atoms with Gasteiger partial charge in [-0.15, -0.1) is 11.8 Å². The number of carbonyl (C=O) groups is 1. The van der Waals surface area contributed by atoms with Crippen LogP contribution in [0.15, 0.2) is 23.1 Å². The standard InChI is InChI=1S/C17H24N2O2S/c1-12-11-13(5-6-14(12)22-4)19-15(17(2,3)16(19)20)18-7-9-21-10-8-18/h5-6,11,15H,7-10H2,1-4H3. The van der Waals surface area contributed by atoms with Crippen LogP contribution in [0.3, 0.4) is 0 Å². The van der Waals surface area contributed by atoms with Gasteiger partial charge in [-0.3, -0.25) is 14.6 Å². The van der Waals surface area contributed by atoms with E-state index in [1.54, 1.807) is 11.8 Å². The molecule has 22 heavy (non-hydrogen) atoms. The lowest BCUT2D eigenvalue weighted by Crippen LogP contribution is -2.74. The maximum absolute atomic E-state index is 12.7. The van der Waals surface area contributed by atoms with Crippen LogP contribution in [0.4, 0.5) is 5.69 Å². The average Bonchev–Trinajstić information content (AvgIpc) is 2.52. The highest BCUT2D eigenvalue weighted by atomic mass is 32.2. The second-order valence-electron chi connectivity index (χ2n) is 6.57. The van der Waals surface area contributed by atoms with Crippen LogP contribution in [0.25, 0.3) is 0 Å². The zero-order valence-corrected chi connectivity index (χ0v) is 14.6. The SMILES string of the molecule is CSc1ccc(N2C(=O)C(C)(C)C2N2CCOCC2)cc1C. The van der Waals surface area contributed by atoms with Gasteiger partial charge >= 0.3 is 0 Å². The van der Waals surface area contributed by atoms with Crippen LogP contribution in [0.2, 0.25) is 0 Å². The minimum absolute atomic E-state index is 0.128. The number of rotatable bonds is 3. The summed E-state index contributed by atoms with van der Waals surface area (Å²) in [4.78, 5) is 18.3. The van der Waals surface area contributed by atoms with Gasteiger partial charge in [-0.2, -0.15) is 0 Å². The molecule has 2 saturated heterocycles. The molecule has 1 unspecified atom stereocenters. The topological polar surface area (TPSA) is 32.8 Å². The first-order valence-corrected chi connectivity index (χ1v) is 8.99. The number of thioether (sulfide) groups is 1. The summed E-state index contributed by atoms with van der Waals surface area (Å²) in [5, 5.41) is 0. The molecule has 1 aromatic carbocycles. The zero-order valence-electron chi connectivity index (χ0n) is 13.8. The highest BCUT2D eigenvalue weighted by Gasteiger charge is 2.57. The number of amides is 1. The fraction of sp³-hybridized carbons (Fsp3) is 0.588. The van der Waals surface area contributed by atoms with Crippen molar-refractivity contribution in [3.63, 3.8) is 0 Å². The molecule has 0 N–H and O–H groups in total. The Bertz CT molecular complexity index is 582. The van der Waals surface area contributed by atoms with Gasteiger partial charge in [0.15, 0.2) is 0 Å². The maximum atomic E-state index is 12.7. The lowest BCUT2D eigenvalue weighted by Gasteiger charge is -2.57. The predicted molar refractivity (Wildman–Crippen MR) is 90.4 cm³/mol. The van der Waals surface area contributed by atoms with Gasteiger partial charge in [0.1, 0.15) is 6.17 Å². The smallest absolute Gasteiger partial charge is 0.237 e. The van der Waals surface area contributed by atoms with Crippen LogP contribution >= 0.6 is 11.8 Å². The molecule has 1 aromatic rings. The van der Waals surface area contributed by atoms with Gasteiger partial charge in [-0.25, -0.2) is 0 Å². The van der Waals surface area contributed by atoms with Gasteiger partial charge in [0.2, 0.25) is 5.91 Å². The fourth-order valence-corrected chi connectivity index (χ4v) is 4.09. The summed E-state index contributed by atoms with van der Waals surface area (Å²) >= 11 is 1.74. The van der Waals surface area contributed by atoms with E-state index in [-0.39, 0.29) is 17.5 Å². The van der Waals surface area contributed by atoms with E-state index in [1.165, 1.54) is 10.5 Å². The first-order valence-electron chi connectivity index (χ1n) is 7.77. The third-order valence-corrected chi connectivity index (χ3v) is 5.61. The van der Waals surface area contributed by atoms with E-state index in [0.29, 0.717) is 0 Å². The molecule has 5 heteroatoms. The normalized spacial score (nSPS) is 25.2. The van der Waals surface area contributed by atoms with E-state index in [9.17, 15) is 4.79 Å². The van der Waals surface area contributed by atoms with Crippen LogP contribution < -0.4 is 4.90 Å². The molecule has 2 heterocycles. The summed E-state index contributed by atoms with van der Waals surface area (Å²) in [6.45, 7) is 9.48. The Labute approximate surface area is 136 Å². The Morgan fingerprint density at radius 2 is 1.95 bits per heavy atom. The summed E-state index contributed by atoms with van der Waals surface area (Å²) in [6, 6.07) is 6.32. The maximum Gasteiger partial charge on any atom is 0.237 e. The average molecular weight is 320 g/mol. The molecule has 0 aromatic heterocycles. The van der Waals surface area contributed by atoms with Crippen molar-refractivity contribution < 1.29 is 9.53 Å². The number of aryl methyl sites for hydroxylation is 1. The van der Waals surface area contributed by atoms with Crippen molar-refractivity contribution >= 4 is 23.4 Å². The number of benzene rings is 1. The first-order chi connectivity index (χ1) is 10.5. The van der Waals surface area contributed by atoms with E-state index >= 15 is 0 Å². The molecule has 1 amide bonds. The summed E-state index contributed by atoms with van der Waals surface area (Å²) in [5.41, 5.74) is 1.91. The number of hydrogen-bond acceptors (Lipinski definition) is 4. The number of nitrogens with zero attached hydrogens (tertiary/aromatic N) is 2. The Kier molecular flexibility index (Phi) is 4.23. The van der Waals surface area contributed by atoms with E-state index in [4.69, 9.17) is 4.74 Å². The van der Waals surface area contributed by atoms with Crippen molar-refractivity contribution in [1.29, 1.82) is 0 Å². The molecule has 0 spiro atoms. The number of morpholine rings is 1. The van der Waals surface area contributed by atoms with Crippen molar-refractivity contribution in [1.82, 2.24) is 4.90 Å². The third kappa shape index (κ3) is 2.45. The number of hydrogen-bond donors (Lipinski definition) is 0. The van der Waals surface area contributed by atoms with Crippen LogP contribution in [0.1, 0.15) is 19.4 Å². The van der Waals surface area contributed by atoms with Crippen molar-refractivity contribution in [3.05, 3.63) is 23.8 Å². The monoisotopic (exact) mass is 320 g/mol. The van der Waals surface area contributed by atoms with Crippen molar-refractivity contribution in [2.75, 3.05) is 37.5 Å². The van der Waals surface area contributed by atoms with Gasteiger partial charge < -0.3 is 4.74 Å². The Morgan fingerprint density at radius 3 is 2.55 bits per heavy atom. The molecular weight excluding hydrogens is 296 g/mol. The summed E-state index contributed by atoms with van der Waals surface area (Å²) in [7, 11) is 0. The zero-order chi connectivity index (χ0) is 15.9. The highest BCUT2D eigenvalue weighted by Crippen LogP contribution is 2.44. The number of anilines is 1. The molecular formula is C17H24N2O2S. The molecule has 3 rings (SSSR count). The molecule has 2 aliphatic heterocycles. The van der Waals surface area contributed by atoms with Gasteiger partial charge in [-0.05, 0) is 50.8 Å². The van der Waals surface area contributed by atoms with Gasteiger partial charge in [0.25, 0.3) is 0 Å². The number of ether oxygens (including phenoxy) is 1. The van der Waals surface area contributed by atoms with Crippen molar-refractivity contribution in [2.24, 2.45) is 5.41 Å². The number of carbonyl (C=O) groups excluding carboxylic acids is 1. The third-order valence-electron chi connectivity index (χ3n) is 4.71. The van der Waals surface area contributed by atoms with Gasteiger partial charge in [0.05, 0.1) is 18.6 Å². The first kappa shape index (κ1) is 15.8. The van der Waals surface area contributed by atoms with Crippen molar-refractivity contribution in [3.8, 4) is 0 Å². The second kappa shape index (κ2) is 5.87. The van der Waals surface area contributed by atoms with E-state index < -0.39 is 0 Å². The predicted octanol–water partition coefficient (Wildman–Crippen LogP) is 2.75. The Balaban J connectivity index is 1.90. The molecule has 0 bridgehead atoms. The van der Waals surface area contributed by atoms with Crippen LogP contribution in [0.5, 0.6) is 0 Å². The minimum atomic E-state index is -0.330. The van der Waals surface area contributed by atoms with E-state index in [1.807, 2.05) is 4.90 Å². The summed E-state index contributed by atoms with van der Waals surface area (Å²) < 4.78 is 5.46. The summed E-state index contributed by atoms with van der Waals surface area (Å²) in [5.74, 6) is 0.209. The lowest BCUT2D eigenvalue weighted by molar-refractivity contribution is -0.147. The lowest BCUT2D eigenvalue weighted by atomic mass is 9.77. The van der Waals surface area contributed by atoms with Gasteiger partial charge in [-0.1, -0.05) is 0 Å². The van der Waals surface area contributed by atoms with E-state index in [0.717, 1.165) is 32.0 Å².